The fourth-order valence-electron chi connectivity index (χ4n) is 3.87. The standard InChI is InChI=1S/C26H21F5N4OS/c27-20-21(28)23(30)25(24(31)22(20)29)35-14-12-34(13-15-35)18-9-7-17(8-10-18)32-26(37)33-19(36)11-6-16-4-2-1-3-5-16/h1-11H,12-15H2,(H2,32,33,36,37)/b11-6+. The Morgan fingerprint density at radius 3 is 1.89 bits per heavy atom. The van der Waals surface area contributed by atoms with E-state index in [-0.39, 0.29) is 24.1 Å². The van der Waals surface area contributed by atoms with Crippen molar-refractivity contribution >= 4 is 46.4 Å². The molecule has 0 aliphatic carbocycles. The summed E-state index contributed by atoms with van der Waals surface area (Å²) < 4.78 is 68.7. The largest absolute Gasteiger partial charge is 0.368 e. The summed E-state index contributed by atoms with van der Waals surface area (Å²) in [6, 6.07) is 16.4. The molecule has 3 aromatic rings. The lowest BCUT2D eigenvalue weighted by Crippen LogP contribution is -2.47. The molecule has 0 aromatic heterocycles. The van der Waals surface area contributed by atoms with Crippen molar-refractivity contribution in [1.82, 2.24) is 5.32 Å². The average molecular weight is 533 g/mol. The molecule has 11 heteroatoms. The van der Waals surface area contributed by atoms with Gasteiger partial charge < -0.3 is 15.1 Å². The van der Waals surface area contributed by atoms with Crippen molar-refractivity contribution in [1.29, 1.82) is 0 Å². The van der Waals surface area contributed by atoms with E-state index in [1.807, 2.05) is 35.2 Å². The SMILES string of the molecule is O=C(/C=C/c1ccccc1)NC(=S)Nc1ccc(N2CCN(c3c(F)c(F)c(F)c(F)c3F)CC2)cc1. The minimum absolute atomic E-state index is 0.0605. The van der Waals surface area contributed by atoms with Gasteiger partial charge in [0, 0.05) is 43.6 Å². The van der Waals surface area contributed by atoms with E-state index in [4.69, 9.17) is 12.2 Å². The summed E-state index contributed by atoms with van der Waals surface area (Å²) in [5, 5.41) is 5.59. The highest BCUT2D eigenvalue weighted by atomic mass is 32.1. The van der Waals surface area contributed by atoms with Crippen LogP contribution in [0.5, 0.6) is 0 Å². The quantitative estimate of drug-likeness (QED) is 0.155. The molecule has 37 heavy (non-hydrogen) atoms. The summed E-state index contributed by atoms with van der Waals surface area (Å²) in [5.41, 5.74) is 1.38. The van der Waals surface area contributed by atoms with Gasteiger partial charge in [-0.2, -0.15) is 0 Å². The first-order valence-electron chi connectivity index (χ1n) is 11.2. The Balaban J connectivity index is 1.31. The maximum absolute atomic E-state index is 14.1. The van der Waals surface area contributed by atoms with Crippen molar-refractivity contribution in [2.24, 2.45) is 0 Å². The average Bonchev–Trinajstić information content (AvgIpc) is 2.91. The molecule has 3 aromatic carbocycles. The van der Waals surface area contributed by atoms with E-state index in [1.54, 1.807) is 30.3 Å². The molecule has 5 nitrogen and oxygen atoms in total. The topological polar surface area (TPSA) is 47.6 Å². The Kier molecular flexibility index (Phi) is 8.02. The zero-order valence-corrected chi connectivity index (χ0v) is 20.1. The molecule has 1 aliphatic rings. The number of carbonyl (C=O) groups is 1. The summed E-state index contributed by atoms with van der Waals surface area (Å²) in [5.74, 6) is -10.1. The molecular weight excluding hydrogens is 511 g/mol. The number of halogens is 5. The van der Waals surface area contributed by atoms with Gasteiger partial charge in [-0.05, 0) is 48.1 Å². The molecule has 1 aliphatic heterocycles. The third-order valence-corrected chi connectivity index (χ3v) is 5.94. The number of benzene rings is 3. The fraction of sp³-hybridized carbons (Fsp3) is 0.154. The van der Waals surface area contributed by atoms with Gasteiger partial charge >= 0.3 is 0 Å². The predicted octanol–water partition coefficient (Wildman–Crippen LogP) is 5.24. The normalized spacial score (nSPS) is 13.6. The molecule has 0 bridgehead atoms. The molecule has 192 valence electrons. The number of piperazine rings is 1. The first-order valence-corrected chi connectivity index (χ1v) is 11.6. The minimum Gasteiger partial charge on any atom is -0.368 e. The number of thiocarbonyl (C=S) groups is 1. The van der Waals surface area contributed by atoms with Crippen molar-refractivity contribution in [2.45, 2.75) is 0 Å². The van der Waals surface area contributed by atoms with Gasteiger partial charge in [0.2, 0.25) is 11.7 Å². The van der Waals surface area contributed by atoms with Gasteiger partial charge in [0.25, 0.3) is 0 Å². The summed E-state index contributed by atoms with van der Waals surface area (Å²) in [6.07, 6.45) is 3.04. The number of carbonyl (C=O) groups excluding carboxylic acids is 1. The van der Waals surface area contributed by atoms with Gasteiger partial charge in [-0.25, -0.2) is 22.0 Å². The highest BCUT2D eigenvalue weighted by molar-refractivity contribution is 7.80. The van der Waals surface area contributed by atoms with E-state index < -0.39 is 34.8 Å². The minimum atomic E-state index is -2.17. The number of anilines is 3. The summed E-state index contributed by atoms with van der Waals surface area (Å²) in [7, 11) is 0. The van der Waals surface area contributed by atoms with E-state index in [9.17, 15) is 26.7 Å². The molecule has 0 atom stereocenters. The molecule has 1 saturated heterocycles. The molecule has 0 saturated carbocycles. The van der Waals surface area contributed by atoms with Gasteiger partial charge in [0.05, 0.1) is 0 Å². The van der Waals surface area contributed by atoms with Crippen LogP contribution in [0.2, 0.25) is 0 Å². The number of nitrogens with zero attached hydrogens (tertiary/aromatic N) is 2. The zero-order valence-electron chi connectivity index (χ0n) is 19.3. The monoisotopic (exact) mass is 532 g/mol. The van der Waals surface area contributed by atoms with Gasteiger partial charge in [-0.3, -0.25) is 10.1 Å². The van der Waals surface area contributed by atoms with Crippen LogP contribution in [-0.4, -0.2) is 37.2 Å². The third kappa shape index (κ3) is 6.05. The molecule has 0 spiro atoms. The van der Waals surface area contributed by atoms with E-state index >= 15 is 0 Å². The number of hydrogen-bond acceptors (Lipinski definition) is 4. The molecular formula is C26H21F5N4OS. The van der Waals surface area contributed by atoms with Crippen molar-refractivity contribution < 1.29 is 26.7 Å². The second-order valence-electron chi connectivity index (χ2n) is 8.13. The highest BCUT2D eigenvalue weighted by Gasteiger charge is 2.30. The predicted molar refractivity (Wildman–Crippen MR) is 137 cm³/mol. The first-order chi connectivity index (χ1) is 17.7. The molecule has 1 heterocycles. The lowest BCUT2D eigenvalue weighted by Gasteiger charge is -2.37. The maximum Gasteiger partial charge on any atom is 0.250 e. The molecule has 4 rings (SSSR count). The van der Waals surface area contributed by atoms with Crippen LogP contribution in [0.3, 0.4) is 0 Å². The molecule has 1 amide bonds. The van der Waals surface area contributed by atoms with Gasteiger partial charge in [0.15, 0.2) is 28.4 Å². The Morgan fingerprint density at radius 1 is 0.757 bits per heavy atom. The highest BCUT2D eigenvalue weighted by Crippen LogP contribution is 2.31. The third-order valence-electron chi connectivity index (χ3n) is 5.74. The van der Waals surface area contributed by atoms with Crippen LogP contribution in [0.25, 0.3) is 6.08 Å². The first kappa shape index (κ1) is 26.1. The van der Waals surface area contributed by atoms with Crippen LogP contribution in [0.4, 0.5) is 39.0 Å². The maximum atomic E-state index is 14.1. The van der Waals surface area contributed by atoms with E-state index in [1.165, 1.54) is 6.08 Å². The Morgan fingerprint density at radius 2 is 1.30 bits per heavy atom. The van der Waals surface area contributed by atoms with Gasteiger partial charge in [-0.15, -0.1) is 0 Å². The number of rotatable bonds is 5. The zero-order chi connectivity index (χ0) is 26.5. The fourth-order valence-corrected chi connectivity index (χ4v) is 4.09. The summed E-state index contributed by atoms with van der Waals surface area (Å²) in [6.45, 7) is 0.721. The Hall–Kier alpha value is -3.99. The van der Waals surface area contributed by atoms with Crippen LogP contribution < -0.4 is 20.4 Å². The lowest BCUT2D eigenvalue weighted by molar-refractivity contribution is -0.115. The van der Waals surface area contributed by atoms with Crippen molar-refractivity contribution in [3.05, 3.63) is 95.3 Å². The lowest BCUT2D eigenvalue weighted by atomic mass is 10.2. The van der Waals surface area contributed by atoms with Gasteiger partial charge in [-0.1, -0.05) is 30.3 Å². The van der Waals surface area contributed by atoms with Crippen LogP contribution in [0.15, 0.2) is 60.7 Å². The molecule has 0 unspecified atom stereocenters. The van der Waals surface area contributed by atoms with Crippen molar-refractivity contribution in [3.8, 4) is 0 Å². The number of amides is 1. The van der Waals surface area contributed by atoms with Crippen LogP contribution >= 0.6 is 12.2 Å². The Labute approximate surface area is 215 Å². The second-order valence-corrected chi connectivity index (χ2v) is 8.54. The van der Waals surface area contributed by atoms with E-state index in [0.29, 0.717) is 18.8 Å². The van der Waals surface area contributed by atoms with Gasteiger partial charge in [0.1, 0.15) is 5.69 Å². The van der Waals surface area contributed by atoms with Crippen LogP contribution in [0, 0.1) is 29.1 Å². The number of nitrogens with one attached hydrogen (secondary N) is 2. The summed E-state index contributed by atoms with van der Waals surface area (Å²) in [4.78, 5) is 15.1. The molecule has 0 radical (unpaired) electrons. The summed E-state index contributed by atoms with van der Waals surface area (Å²) >= 11 is 5.18. The molecule has 2 N–H and O–H groups in total. The number of hydrogen-bond donors (Lipinski definition) is 2. The van der Waals surface area contributed by atoms with Crippen LogP contribution in [-0.2, 0) is 4.79 Å². The van der Waals surface area contributed by atoms with E-state index in [2.05, 4.69) is 10.6 Å². The molecule has 1 fully saturated rings. The van der Waals surface area contributed by atoms with Crippen LogP contribution in [0.1, 0.15) is 5.56 Å². The second kappa shape index (κ2) is 11.4. The smallest absolute Gasteiger partial charge is 0.250 e. The van der Waals surface area contributed by atoms with Crippen molar-refractivity contribution in [3.63, 3.8) is 0 Å². The van der Waals surface area contributed by atoms with E-state index in [0.717, 1.165) is 16.2 Å². The van der Waals surface area contributed by atoms with Crippen molar-refractivity contribution in [2.75, 3.05) is 41.3 Å². The Bertz CT molecular complexity index is 1300.